The summed E-state index contributed by atoms with van der Waals surface area (Å²) in [5, 5.41) is 11.0. The minimum absolute atomic E-state index is 0.392. The molecule has 3 unspecified atom stereocenters. The lowest BCUT2D eigenvalue weighted by molar-refractivity contribution is -0.924. The van der Waals surface area contributed by atoms with Crippen LogP contribution in [0.3, 0.4) is 0 Å². The van der Waals surface area contributed by atoms with E-state index in [1.54, 1.807) is 0 Å². The molecule has 1 aliphatic rings. The molecule has 0 bridgehead atoms. The van der Waals surface area contributed by atoms with Crippen molar-refractivity contribution in [2.75, 3.05) is 20.6 Å². The highest BCUT2D eigenvalue weighted by Gasteiger charge is 2.47. The lowest BCUT2D eigenvalue weighted by atomic mass is 9.71. The Kier molecular flexibility index (Phi) is 8.58. The topological polar surface area (TPSA) is 20.2 Å². The Balaban J connectivity index is 2.45. The monoisotopic (exact) mass is 326 g/mol. The first kappa shape index (κ1) is 21.0. The van der Waals surface area contributed by atoms with Crippen LogP contribution in [0.2, 0.25) is 0 Å². The normalized spacial score (nSPS) is 29.2. The first-order valence-corrected chi connectivity index (χ1v) is 10.3. The Labute approximate surface area is 146 Å². The van der Waals surface area contributed by atoms with Gasteiger partial charge in [0.1, 0.15) is 11.6 Å². The highest BCUT2D eigenvalue weighted by atomic mass is 16.3. The molecule has 0 saturated heterocycles. The van der Waals surface area contributed by atoms with Crippen molar-refractivity contribution in [1.82, 2.24) is 0 Å². The van der Waals surface area contributed by atoms with Crippen LogP contribution in [0.25, 0.3) is 0 Å². The van der Waals surface area contributed by atoms with Gasteiger partial charge < -0.3 is 9.59 Å². The Morgan fingerprint density at radius 1 is 1.04 bits per heavy atom. The van der Waals surface area contributed by atoms with Crippen LogP contribution in [0.4, 0.5) is 0 Å². The molecule has 0 aromatic carbocycles. The summed E-state index contributed by atoms with van der Waals surface area (Å²) in [7, 11) is 4.69. The summed E-state index contributed by atoms with van der Waals surface area (Å²) in [6.45, 7) is 10.3. The van der Waals surface area contributed by atoms with Crippen molar-refractivity contribution in [2.24, 2.45) is 11.8 Å². The van der Waals surface area contributed by atoms with Crippen LogP contribution in [0.5, 0.6) is 0 Å². The molecule has 0 heterocycles. The standard InChI is InChI=1S/C21H44NO/c1-7-8-9-10-11-12-13-16-22(5,6)20-17-19(18(2)3)14-15-21(20,4)23/h18-20,23H,7-17H2,1-6H3/q+1. The second-order valence-electron chi connectivity index (χ2n) is 9.28. The zero-order valence-electron chi connectivity index (χ0n) is 16.9. The van der Waals surface area contributed by atoms with E-state index in [2.05, 4.69) is 41.8 Å². The van der Waals surface area contributed by atoms with Crippen molar-refractivity contribution in [3.8, 4) is 0 Å². The summed E-state index contributed by atoms with van der Waals surface area (Å²) in [5.74, 6) is 1.53. The van der Waals surface area contributed by atoms with Crippen LogP contribution in [0, 0.1) is 11.8 Å². The second kappa shape index (κ2) is 9.42. The zero-order chi connectivity index (χ0) is 17.5. The SMILES string of the molecule is CCCCCCCCC[N+](C)(C)C1CC(C(C)C)CCC1(C)O. The van der Waals surface area contributed by atoms with Gasteiger partial charge in [-0.2, -0.15) is 0 Å². The molecular formula is C21H44NO+. The highest BCUT2D eigenvalue weighted by Crippen LogP contribution is 2.40. The minimum atomic E-state index is -0.490. The first-order valence-electron chi connectivity index (χ1n) is 10.3. The maximum atomic E-state index is 11.0. The molecule has 0 spiro atoms. The van der Waals surface area contributed by atoms with Crippen LogP contribution in [0.1, 0.15) is 91.9 Å². The van der Waals surface area contributed by atoms with Crippen LogP contribution in [-0.2, 0) is 0 Å². The molecule has 3 atom stereocenters. The van der Waals surface area contributed by atoms with Crippen molar-refractivity contribution >= 4 is 0 Å². The molecule has 1 saturated carbocycles. The Morgan fingerprint density at radius 3 is 2.17 bits per heavy atom. The number of likely N-dealkylation sites (N-methyl/N-ethyl adjacent to an activating group) is 1. The molecule has 23 heavy (non-hydrogen) atoms. The van der Waals surface area contributed by atoms with Gasteiger partial charge in [-0.05, 0) is 44.4 Å². The summed E-state index contributed by atoms with van der Waals surface area (Å²) in [5.41, 5.74) is -0.490. The molecule has 0 aliphatic heterocycles. The van der Waals surface area contributed by atoms with Crippen molar-refractivity contribution < 1.29 is 9.59 Å². The summed E-state index contributed by atoms with van der Waals surface area (Å²) in [6.07, 6.45) is 12.9. The van der Waals surface area contributed by atoms with Gasteiger partial charge in [0.2, 0.25) is 0 Å². The number of rotatable bonds is 10. The Morgan fingerprint density at radius 2 is 1.61 bits per heavy atom. The van der Waals surface area contributed by atoms with Gasteiger partial charge in [0.25, 0.3) is 0 Å². The van der Waals surface area contributed by atoms with E-state index >= 15 is 0 Å². The van der Waals surface area contributed by atoms with Crippen molar-refractivity contribution in [3.05, 3.63) is 0 Å². The van der Waals surface area contributed by atoms with E-state index in [9.17, 15) is 5.11 Å². The van der Waals surface area contributed by atoms with Gasteiger partial charge in [0.05, 0.1) is 20.6 Å². The molecule has 2 nitrogen and oxygen atoms in total. The number of quaternary nitrogens is 1. The molecule has 1 aliphatic carbocycles. The Bertz CT molecular complexity index is 322. The molecule has 138 valence electrons. The molecule has 0 aromatic heterocycles. The third kappa shape index (κ3) is 6.74. The minimum Gasteiger partial charge on any atom is -0.384 e. The summed E-state index contributed by atoms with van der Waals surface area (Å²) < 4.78 is 0.991. The third-order valence-corrected chi connectivity index (χ3v) is 6.39. The van der Waals surface area contributed by atoms with E-state index in [1.807, 2.05) is 0 Å². The van der Waals surface area contributed by atoms with Crippen molar-refractivity contribution in [3.63, 3.8) is 0 Å². The fourth-order valence-electron chi connectivity index (χ4n) is 4.58. The van der Waals surface area contributed by atoms with E-state index in [0.717, 1.165) is 22.7 Å². The number of aliphatic hydroxyl groups is 1. The van der Waals surface area contributed by atoms with Gasteiger partial charge >= 0.3 is 0 Å². The van der Waals surface area contributed by atoms with Gasteiger partial charge in [-0.3, -0.25) is 0 Å². The van der Waals surface area contributed by atoms with Gasteiger partial charge in [-0.1, -0.05) is 52.9 Å². The lowest BCUT2D eigenvalue weighted by Gasteiger charge is -2.50. The molecule has 0 aromatic rings. The van der Waals surface area contributed by atoms with E-state index < -0.39 is 5.60 Å². The predicted molar refractivity (Wildman–Crippen MR) is 102 cm³/mol. The van der Waals surface area contributed by atoms with Crippen LogP contribution < -0.4 is 0 Å². The average Bonchev–Trinajstić information content (AvgIpc) is 2.45. The lowest BCUT2D eigenvalue weighted by Crippen LogP contribution is -2.62. The number of hydrogen-bond donors (Lipinski definition) is 1. The molecule has 1 fully saturated rings. The number of hydrogen-bond acceptors (Lipinski definition) is 1. The molecule has 0 amide bonds. The van der Waals surface area contributed by atoms with Gasteiger partial charge in [0.15, 0.2) is 0 Å². The third-order valence-electron chi connectivity index (χ3n) is 6.39. The molecule has 0 radical (unpaired) electrons. The molecular weight excluding hydrogens is 282 g/mol. The summed E-state index contributed by atoms with van der Waals surface area (Å²) in [4.78, 5) is 0. The molecule has 1 rings (SSSR count). The van der Waals surface area contributed by atoms with Crippen molar-refractivity contribution in [2.45, 2.75) is 104 Å². The van der Waals surface area contributed by atoms with Crippen LogP contribution in [0.15, 0.2) is 0 Å². The maximum Gasteiger partial charge on any atom is 0.118 e. The average molecular weight is 327 g/mol. The van der Waals surface area contributed by atoms with E-state index in [4.69, 9.17) is 0 Å². The fourth-order valence-corrected chi connectivity index (χ4v) is 4.58. The summed E-state index contributed by atoms with van der Waals surface area (Å²) in [6, 6.07) is 0.392. The largest absolute Gasteiger partial charge is 0.384 e. The van der Waals surface area contributed by atoms with Crippen LogP contribution in [-0.4, -0.2) is 41.9 Å². The Hall–Kier alpha value is -0.0800. The quantitative estimate of drug-likeness (QED) is 0.421. The van der Waals surface area contributed by atoms with Gasteiger partial charge in [-0.25, -0.2) is 0 Å². The first-order chi connectivity index (χ1) is 10.7. The molecule has 1 N–H and O–H groups in total. The van der Waals surface area contributed by atoms with E-state index in [0.29, 0.717) is 6.04 Å². The predicted octanol–water partition coefficient (Wildman–Crippen LogP) is 5.39. The van der Waals surface area contributed by atoms with Crippen LogP contribution >= 0.6 is 0 Å². The zero-order valence-corrected chi connectivity index (χ0v) is 16.9. The number of unbranched alkanes of at least 4 members (excludes halogenated alkanes) is 6. The van der Waals surface area contributed by atoms with E-state index in [-0.39, 0.29) is 0 Å². The smallest absolute Gasteiger partial charge is 0.118 e. The molecule has 2 heteroatoms. The van der Waals surface area contributed by atoms with Gasteiger partial charge in [-0.15, -0.1) is 0 Å². The van der Waals surface area contributed by atoms with Crippen molar-refractivity contribution in [1.29, 1.82) is 0 Å². The highest BCUT2D eigenvalue weighted by molar-refractivity contribution is 4.91. The number of nitrogens with zero attached hydrogens (tertiary/aromatic N) is 1. The fraction of sp³-hybridized carbons (Fsp3) is 1.00. The second-order valence-corrected chi connectivity index (χ2v) is 9.28. The van der Waals surface area contributed by atoms with Gasteiger partial charge in [0, 0.05) is 6.42 Å². The maximum absolute atomic E-state index is 11.0. The summed E-state index contributed by atoms with van der Waals surface area (Å²) >= 11 is 0. The van der Waals surface area contributed by atoms with E-state index in [1.165, 1.54) is 64.3 Å².